The highest BCUT2D eigenvalue weighted by atomic mass is 35.5. The molecule has 1 saturated heterocycles. The van der Waals surface area contributed by atoms with E-state index in [2.05, 4.69) is 68.5 Å². The molecule has 0 spiro atoms. The van der Waals surface area contributed by atoms with Crippen LogP contribution in [0.5, 0.6) is 29.4 Å². The molecule has 11 heterocycles. The van der Waals surface area contributed by atoms with Crippen LogP contribution >= 0.6 is 58.6 Å². The van der Waals surface area contributed by atoms with Gasteiger partial charge in [-0.25, -0.2) is 47.5 Å². The summed E-state index contributed by atoms with van der Waals surface area (Å²) in [6, 6.07) is 37.5. The zero-order chi connectivity index (χ0) is 74.4. The van der Waals surface area contributed by atoms with Gasteiger partial charge in [-0.05, 0) is 101 Å². The molecule has 556 valence electrons. The van der Waals surface area contributed by atoms with Crippen LogP contribution in [0.15, 0.2) is 135 Å². The Balaban J connectivity index is 0.000000125. The Hall–Kier alpha value is -10.5. The Bertz CT molecular complexity index is 5250. The molecule has 30 nitrogen and oxygen atoms in total. The number of fused-ring (bicyclic) bond motifs is 15. The summed E-state index contributed by atoms with van der Waals surface area (Å²) in [6.45, 7) is 15.5. The molecule has 0 radical (unpaired) electrons. The number of aliphatic carboxylic acids is 4. The Kier molecular flexibility index (Phi) is 24.9. The van der Waals surface area contributed by atoms with Crippen molar-refractivity contribution >= 4 is 172 Å². The van der Waals surface area contributed by atoms with E-state index >= 15 is 0 Å². The van der Waals surface area contributed by atoms with Crippen LogP contribution in [0.1, 0.15) is 60.3 Å². The lowest BCUT2D eigenvalue weighted by atomic mass is 10.2. The lowest BCUT2D eigenvalue weighted by Crippen LogP contribution is -2.36. The van der Waals surface area contributed by atoms with Crippen molar-refractivity contribution in [1.29, 1.82) is 0 Å². The number of morpholine rings is 1. The molecule has 0 aliphatic carbocycles. The number of halogens is 1. The molecule has 10 aromatic heterocycles. The summed E-state index contributed by atoms with van der Waals surface area (Å²) >= 11 is 12.0. The molecule has 0 unspecified atom stereocenters. The van der Waals surface area contributed by atoms with Crippen LogP contribution in [0.4, 0.5) is 5.69 Å². The first-order chi connectivity index (χ1) is 51.6. The summed E-state index contributed by atoms with van der Waals surface area (Å²) in [4.78, 5) is 71.6. The van der Waals surface area contributed by atoms with Crippen LogP contribution in [0.3, 0.4) is 0 Å². The van der Waals surface area contributed by atoms with Crippen LogP contribution in [0.25, 0.3) is 83.4 Å². The van der Waals surface area contributed by atoms with Gasteiger partial charge in [0.2, 0.25) is 29.4 Å². The molecular weight excluding hydrogens is 1460 g/mol. The van der Waals surface area contributed by atoms with E-state index in [-0.39, 0.29) is 25.7 Å². The number of aromatic nitrogens is 15. The van der Waals surface area contributed by atoms with Gasteiger partial charge in [-0.15, -0.1) is 47.0 Å². The average molecular weight is 1540 g/mol. The van der Waals surface area contributed by atoms with Crippen LogP contribution in [-0.4, -0.2) is 200 Å². The molecule has 1 fully saturated rings. The highest BCUT2D eigenvalue weighted by Crippen LogP contribution is 2.40. The summed E-state index contributed by atoms with van der Waals surface area (Å²) in [6.07, 6.45) is 0.407. The summed E-state index contributed by atoms with van der Waals surface area (Å²) in [5, 5.41) is 51.7. The largest absolute Gasteiger partial charge is 0.481 e. The molecule has 9 N–H and O–H groups in total. The summed E-state index contributed by atoms with van der Waals surface area (Å²) in [5.74, 6) is 1.79. The molecule has 0 saturated carbocycles. The third-order valence-corrected chi connectivity index (χ3v) is 20.7. The van der Waals surface area contributed by atoms with Gasteiger partial charge >= 0.3 is 23.9 Å². The second-order valence-electron chi connectivity index (χ2n) is 23.1. The van der Waals surface area contributed by atoms with Gasteiger partial charge in [-0.1, -0.05) is 60.1 Å². The smallest absolute Gasteiger partial charge is 0.304 e. The molecule has 15 aromatic rings. The number of aromatic amines is 5. The number of nitrogens with one attached hydrogen (secondary N) is 5. The molecule has 16 rings (SSSR count). The van der Waals surface area contributed by atoms with Gasteiger partial charge in [-0.3, -0.25) is 44.7 Å². The Morgan fingerprint density at radius 2 is 0.670 bits per heavy atom. The van der Waals surface area contributed by atoms with Crippen molar-refractivity contribution in [2.45, 2.75) is 79.9 Å². The van der Waals surface area contributed by atoms with Gasteiger partial charge in [0.25, 0.3) is 0 Å². The molecule has 106 heavy (non-hydrogen) atoms. The Morgan fingerprint density at radius 1 is 0.396 bits per heavy atom. The lowest BCUT2D eigenvalue weighted by molar-refractivity contribution is -0.137. The van der Waals surface area contributed by atoms with Gasteiger partial charge in [0.1, 0.15) is 24.6 Å². The third-order valence-electron chi connectivity index (χ3n) is 16.0. The second kappa shape index (κ2) is 35.0. The third kappa shape index (κ3) is 16.9. The highest BCUT2D eigenvalue weighted by Gasteiger charge is 2.24. The standard InChI is InChI=1S/C18H22N4O4S.3C14H15N3O3S.C11H10ClN3O/c1-2-26-18-16(27-10-5-15(23)24)17-19-13-11-12(21-6-8-25-9-7-21)3-4-14(13)22(17)20-18;3*1-2-20-14-12(21-8-7-11(18)19)13-15-9-5-3-4-6-10(9)17(13)16-14;1-2-16-11-9(12)10-13-7-5-3-4-6-8(7)15(10)14-11/h3-4,11,20H,2,5-10H2,1H3,(H,23,24);3*3-6,16H,2,7-8H2,1H3,(H,18,19);3-6,14H,2H2,1H3. The number of benzene rings is 5. The predicted molar refractivity (Wildman–Crippen MR) is 411 cm³/mol. The van der Waals surface area contributed by atoms with Gasteiger partial charge in [-0.2, -0.15) is 0 Å². The number of H-pyrrole nitrogens is 5. The van der Waals surface area contributed by atoms with Crippen LogP contribution in [0, 0.1) is 0 Å². The highest BCUT2D eigenvalue weighted by molar-refractivity contribution is 8.00. The SMILES string of the molecule is CCOc1[nH]n2c(nc3cc(N4CCOCC4)ccc32)c1SCCC(=O)O.CCOc1[nH]n2c(nc3ccccc32)c1Cl.CCOc1[nH]n2c(nc3ccccc32)c1SCCC(=O)O.CCOc1[nH]n2c(nc3ccccc32)c1SCCC(=O)O.CCOc1[nH]n2c(nc3ccccc32)c1SCCC(=O)O. The van der Waals surface area contributed by atoms with Crippen molar-refractivity contribution in [3.8, 4) is 29.4 Å². The number of imidazole rings is 5. The van der Waals surface area contributed by atoms with E-state index in [9.17, 15) is 19.2 Å². The molecule has 0 atom stereocenters. The minimum Gasteiger partial charge on any atom is -0.481 e. The fourth-order valence-electron chi connectivity index (χ4n) is 11.5. The van der Waals surface area contributed by atoms with Crippen molar-refractivity contribution < 1.29 is 68.0 Å². The Labute approximate surface area is 625 Å². The second-order valence-corrected chi connectivity index (χ2v) is 27.8. The van der Waals surface area contributed by atoms with Gasteiger partial charge in [0.05, 0.1) is 127 Å². The number of thioether (sulfide) groups is 4. The maximum atomic E-state index is 10.8. The molecular formula is C71H77ClN16O14S4. The van der Waals surface area contributed by atoms with Gasteiger partial charge in [0.15, 0.2) is 28.2 Å². The molecule has 1 aliphatic rings. The van der Waals surface area contributed by atoms with E-state index < -0.39 is 23.9 Å². The van der Waals surface area contributed by atoms with Crippen LogP contribution < -0.4 is 28.6 Å². The monoisotopic (exact) mass is 1540 g/mol. The number of hydrogen-bond donors (Lipinski definition) is 9. The molecule has 0 amide bonds. The number of carbonyl (C=O) groups is 4. The Morgan fingerprint density at radius 3 is 0.991 bits per heavy atom. The molecule has 5 aromatic carbocycles. The zero-order valence-corrected chi connectivity index (χ0v) is 62.3. The zero-order valence-electron chi connectivity index (χ0n) is 58.3. The predicted octanol–water partition coefficient (Wildman–Crippen LogP) is 13.8. The lowest BCUT2D eigenvalue weighted by Gasteiger charge is -2.28. The van der Waals surface area contributed by atoms with Crippen LogP contribution in [0.2, 0.25) is 5.02 Å². The minimum atomic E-state index is -0.810. The number of rotatable bonds is 27. The quantitative estimate of drug-likeness (QED) is 0.0216. The van der Waals surface area contributed by atoms with Crippen molar-refractivity contribution in [2.24, 2.45) is 0 Å². The number of ether oxygens (including phenoxy) is 6. The average Bonchev–Trinajstić information content (AvgIpc) is 1.59. The first-order valence-electron chi connectivity index (χ1n) is 34.1. The van der Waals surface area contributed by atoms with E-state index in [1.807, 2.05) is 154 Å². The number of anilines is 1. The normalized spacial score (nSPS) is 12.2. The summed E-state index contributed by atoms with van der Waals surface area (Å²) in [7, 11) is 0. The maximum absolute atomic E-state index is 10.8. The fraction of sp³-hybridized carbons (Fsp3) is 0.310. The van der Waals surface area contributed by atoms with E-state index in [0.29, 0.717) is 96.1 Å². The first-order valence-corrected chi connectivity index (χ1v) is 38.4. The van der Waals surface area contributed by atoms with Crippen molar-refractivity contribution in [3.63, 3.8) is 0 Å². The van der Waals surface area contributed by atoms with E-state index in [4.69, 9.17) is 65.4 Å². The first kappa shape index (κ1) is 75.2. The molecule has 35 heteroatoms. The summed E-state index contributed by atoms with van der Waals surface area (Å²) < 4.78 is 42.7. The number of nitrogens with zero attached hydrogens (tertiary/aromatic N) is 11. The van der Waals surface area contributed by atoms with Gasteiger partial charge < -0.3 is 53.7 Å². The van der Waals surface area contributed by atoms with Crippen LogP contribution in [-0.2, 0) is 23.9 Å². The van der Waals surface area contributed by atoms with Crippen molar-refractivity contribution in [2.75, 3.05) is 87.2 Å². The van der Waals surface area contributed by atoms with E-state index in [1.165, 1.54) is 47.0 Å². The molecule has 1 aliphatic heterocycles. The molecule has 0 bridgehead atoms. The van der Waals surface area contributed by atoms with Crippen molar-refractivity contribution in [3.05, 3.63) is 120 Å². The summed E-state index contributed by atoms with van der Waals surface area (Å²) in [5.41, 5.74) is 14.3. The maximum Gasteiger partial charge on any atom is 0.304 e. The van der Waals surface area contributed by atoms with Gasteiger partial charge in [0, 0.05) is 41.8 Å². The number of carboxylic acid groups (broad SMARTS) is 4. The topological polar surface area (TPSA) is 373 Å². The van der Waals surface area contributed by atoms with E-state index in [1.54, 1.807) is 0 Å². The minimum absolute atomic E-state index is 0.0922. The number of para-hydroxylation sites is 8. The fourth-order valence-corrected chi connectivity index (χ4v) is 15.6. The van der Waals surface area contributed by atoms with E-state index in [0.717, 1.165) is 129 Å². The van der Waals surface area contributed by atoms with Crippen molar-refractivity contribution in [1.82, 2.24) is 73.0 Å². The number of carboxylic acids is 4. The number of hydrogen-bond acceptors (Lipinski definition) is 20.